The maximum Gasteiger partial charge on any atom is 0.0671 e. The van der Waals surface area contributed by atoms with Crippen LogP contribution in [0.2, 0.25) is 0 Å². The van der Waals surface area contributed by atoms with E-state index in [0.717, 1.165) is 35.6 Å². The number of hydrogen-bond donors (Lipinski definition) is 2. The number of aromatic nitrogens is 2. The standard InChI is InChI=1S/C14H20N4/c1-4-12-11(9-18(3)17-12)8-16-13-7-5-6-10(2)14(13)15/h5-7,9,16H,4,8,15H2,1-3H3. The second-order valence-corrected chi connectivity index (χ2v) is 4.52. The van der Waals surface area contributed by atoms with E-state index in [1.54, 1.807) is 0 Å². The van der Waals surface area contributed by atoms with Crippen molar-refractivity contribution in [1.29, 1.82) is 0 Å². The fourth-order valence-electron chi connectivity index (χ4n) is 2.05. The monoisotopic (exact) mass is 244 g/mol. The van der Waals surface area contributed by atoms with Crippen molar-refractivity contribution in [3.63, 3.8) is 0 Å². The van der Waals surface area contributed by atoms with E-state index in [1.807, 2.05) is 36.9 Å². The molecule has 2 rings (SSSR count). The van der Waals surface area contributed by atoms with Gasteiger partial charge in [-0.2, -0.15) is 5.10 Å². The van der Waals surface area contributed by atoms with Gasteiger partial charge in [0, 0.05) is 25.4 Å². The van der Waals surface area contributed by atoms with Gasteiger partial charge in [-0.1, -0.05) is 19.1 Å². The molecule has 1 aromatic heterocycles. The fraction of sp³-hybridized carbons (Fsp3) is 0.357. The van der Waals surface area contributed by atoms with Gasteiger partial charge in [0.1, 0.15) is 0 Å². The summed E-state index contributed by atoms with van der Waals surface area (Å²) in [6, 6.07) is 6.03. The van der Waals surface area contributed by atoms with Crippen LogP contribution in [0.1, 0.15) is 23.7 Å². The molecule has 18 heavy (non-hydrogen) atoms. The van der Waals surface area contributed by atoms with Gasteiger partial charge in [-0.3, -0.25) is 4.68 Å². The Morgan fingerprint density at radius 1 is 1.39 bits per heavy atom. The minimum absolute atomic E-state index is 0.755. The van der Waals surface area contributed by atoms with Crippen molar-refractivity contribution in [2.24, 2.45) is 7.05 Å². The van der Waals surface area contributed by atoms with E-state index in [1.165, 1.54) is 5.56 Å². The van der Waals surface area contributed by atoms with Crippen molar-refractivity contribution >= 4 is 11.4 Å². The first-order valence-corrected chi connectivity index (χ1v) is 6.22. The molecule has 0 spiro atoms. The Bertz CT molecular complexity index is 543. The van der Waals surface area contributed by atoms with Gasteiger partial charge in [0.15, 0.2) is 0 Å². The lowest BCUT2D eigenvalue weighted by Crippen LogP contribution is -2.04. The number of nitrogen functional groups attached to an aromatic ring is 1. The number of nitrogens with two attached hydrogens (primary N) is 1. The van der Waals surface area contributed by atoms with Crippen LogP contribution in [0.4, 0.5) is 11.4 Å². The predicted octanol–water partition coefficient (Wildman–Crippen LogP) is 2.49. The number of hydrogen-bond acceptors (Lipinski definition) is 3. The topological polar surface area (TPSA) is 55.9 Å². The molecule has 96 valence electrons. The molecule has 0 fully saturated rings. The van der Waals surface area contributed by atoms with E-state index in [4.69, 9.17) is 5.73 Å². The Morgan fingerprint density at radius 3 is 2.89 bits per heavy atom. The summed E-state index contributed by atoms with van der Waals surface area (Å²) in [4.78, 5) is 0. The van der Waals surface area contributed by atoms with Gasteiger partial charge >= 0.3 is 0 Å². The number of nitrogens with zero attached hydrogens (tertiary/aromatic N) is 2. The molecule has 0 radical (unpaired) electrons. The Morgan fingerprint density at radius 2 is 2.17 bits per heavy atom. The minimum Gasteiger partial charge on any atom is -0.397 e. The maximum absolute atomic E-state index is 6.04. The first-order chi connectivity index (χ1) is 8.61. The molecule has 0 bridgehead atoms. The quantitative estimate of drug-likeness (QED) is 0.812. The average molecular weight is 244 g/mol. The minimum atomic E-state index is 0.755. The first kappa shape index (κ1) is 12.5. The molecule has 0 saturated heterocycles. The highest BCUT2D eigenvalue weighted by Crippen LogP contribution is 2.22. The van der Waals surface area contributed by atoms with Crippen LogP contribution in [0.25, 0.3) is 0 Å². The van der Waals surface area contributed by atoms with Gasteiger partial charge in [0.05, 0.1) is 17.1 Å². The number of aryl methyl sites for hydroxylation is 3. The van der Waals surface area contributed by atoms with Crippen molar-refractivity contribution in [2.45, 2.75) is 26.8 Å². The van der Waals surface area contributed by atoms with E-state index in [2.05, 4.69) is 23.5 Å². The summed E-state index contributed by atoms with van der Waals surface area (Å²) in [5, 5.41) is 7.81. The SMILES string of the molecule is CCc1nn(C)cc1CNc1cccc(C)c1N. The molecule has 0 aliphatic heterocycles. The first-order valence-electron chi connectivity index (χ1n) is 6.22. The van der Waals surface area contributed by atoms with Gasteiger partial charge in [0.2, 0.25) is 0 Å². The summed E-state index contributed by atoms with van der Waals surface area (Å²) in [7, 11) is 1.95. The summed E-state index contributed by atoms with van der Waals surface area (Å²) in [5.41, 5.74) is 11.3. The number of nitrogens with one attached hydrogen (secondary N) is 1. The van der Waals surface area contributed by atoms with Crippen LogP contribution in [0, 0.1) is 6.92 Å². The number of rotatable bonds is 4. The summed E-state index contributed by atoms with van der Waals surface area (Å²) >= 11 is 0. The molecule has 4 heteroatoms. The Hall–Kier alpha value is -1.97. The molecular formula is C14H20N4. The van der Waals surface area contributed by atoms with E-state index < -0.39 is 0 Å². The molecule has 1 aromatic carbocycles. The molecule has 4 nitrogen and oxygen atoms in total. The third-order valence-electron chi connectivity index (χ3n) is 3.12. The van der Waals surface area contributed by atoms with E-state index in [0.29, 0.717) is 0 Å². The molecule has 1 heterocycles. The van der Waals surface area contributed by atoms with Crippen LogP contribution in [0.5, 0.6) is 0 Å². The molecule has 0 unspecified atom stereocenters. The van der Waals surface area contributed by atoms with Crippen molar-refractivity contribution < 1.29 is 0 Å². The molecule has 0 aliphatic carbocycles. The van der Waals surface area contributed by atoms with E-state index in [9.17, 15) is 0 Å². The third kappa shape index (κ3) is 2.47. The number of anilines is 2. The maximum atomic E-state index is 6.04. The van der Waals surface area contributed by atoms with Crippen molar-refractivity contribution in [3.05, 3.63) is 41.2 Å². The van der Waals surface area contributed by atoms with Gasteiger partial charge in [-0.25, -0.2) is 0 Å². The zero-order chi connectivity index (χ0) is 13.1. The van der Waals surface area contributed by atoms with Gasteiger partial charge in [-0.05, 0) is 25.0 Å². The predicted molar refractivity (Wildman–Crippen MR) is 75.5 cm³/mol. The highest BCUT2D eigenvalue weighted by Gasteiger charge is 2.06. The number of para-hydroxylation sites is 1. The molecule has 0 aliphatic rings. The van der Waals surface area contributed by atoms with Crippen molar-refractivity contribution in [3.8, 4) is 0 Å². The zero-order valence-corrected chi connectivity index (χ0v) is 11.2. The highest BCUT2D eigenvalue weighted by atomic mass is 15.3. The van der Waals surface area contributed by atoms with Gasteiger partial charge in [-0.15, -0.1) is 0 Å². The van der Waals surface area contributed by atoms with Crippen LogP contribution < -0.4 is 11.1 Å². The van der Waals surface area contributed by atoms with Crippen molar-refractivity contribution in [1.82, 2.24) is 9.78 Å². The molecule has 2 aromatic rings. The third-order valence-corrected chi connectivity index (χ3v) is 3.12. The lowest BCUT2D eigenvalue weighted by molar-refractivity contribution is 0.746. The second-order valence-electron chi connectivity index (χ2n) is 4.52. The summed E-state index contributed by atoms with van der Waals surface area (Å²) in [5.74, 6) is 0. The largest absolute Gasteiger partial charge is 0.397 e. The molecular weight excluding hydrogens is 224 g/mol. The van der Waals surface area contributed by atoms with Crippen LogP contribution in [-0.2, 0) is 20.0 Å². The van der Waals surface area contributed by atoms with E-state index >= 15 is 0 Å². The number of benzene rings is 1. The molecule has 0 amide bonds. The highest BCUT2D eigenvalue weighted by molar-refractivity contribution is 5.69. The molecule has 3 N–H and O–H groups in total. The van der Waals surface area contributed by atoms with Gasteiger partial charge < -0.3 is 11.1 Å². The van der Waals surface area contributed by atoms with Crippen LogP contribution in [0.15, 0.2) is 24.4 Å². The molecule has 0 atom stereocenters. The summed E-state index contributed by atoms with van der Waals surface area (Å²) < 4.78 is 1.86. The Kier molecular flexibility index (Phi) is 3.55. The van der Waals surface area contributed by atoms with Crippen LogP contribution in [0.3, 0.4) is 0 Å². The normalized spacial score (nSPS) is 10.6. The Labute approximate surface area is 108 Å². The Balaban J connectivity index is 2.13. The average Bonchev–Trinajstić information content (AvgIpc) is 2.71. The smallest absolute Gasteiger partial charge is 0.0671 e. The fourth-order valence-corrected chi connectivity index (χ4v) is 2.05. The van der Waals surface area contributed by atoms with Crippen LogP contribution in [-0.4, -0.2) is 9.78 Å². The zero-order valence-electron chi connectivity index (χ0n) is 11.2. The second kappa shape index (κ2) is 5.12. The summed E-state index contributed by atoms with van der Waals surface area (Å²) in [6.45, 7) is 4.89. The summed E-state index contributed by atoms with van der Waals surface area (Å²) in [6.07, 6.45) is 3.00. The lowest BCUT2D eigenvalue weighted by Gasteiger charge is -2.10. The van der Waals surface area contributed by atoms with Gasteiger partial charge in [0.25, 0.3) is 0 Å². The lowest BCUT2D eigenvalue weighted by atomic mass is 10.1. The van der Waals surface area contributed by atoms with Crippen molar-refractivity contribution in [2.75, 3.05) is 11.1 Å². The molecule has 0 saturated carbocycles. The van der Waals surface area contributed by atoms with E-state index in [-0.39, 0.29) is 0 Å². The van der Waals surface area contributed by atoms with Crippen LogP contribution >= 0.6 is 0 Å².